The van der Waals surface area contributed by atoms with Gasteiger partial charge in [0.05, 0.1) is 0 Å². The second-order valence-corrected chi connectivity index (χ2v) is 7.53. The van der Waals surface area contributed by atoms with E-state index in [4.69, 9.17) is 0 Å². The average Bonchev–Trinajstić information content (AvgIpc) is 3.17. The second kappa shape index (κ2) is 5.43. The van der Waals surface area contributed by atoms with Crippen molar-refractivity contribution < 1.29 is 4.79 Å². The van der Waals surface area contributed by atoms with Crippen molar-refractivity contribution in [3.63, 3.8) is 0 Å². The Morgan fingerprint density at radius 1 is 1.10 bits per heavy atom. The molecule has 3 fully saturated rings. The maximum absolute atomic E-state index is 13.0. The molecule has 1 aromatic heterocycles. The zero-order valence-electron chi connectivity index (χ0n) is 12.3. The van der Waals surface area contributed by atoms with Gasteiger partial charge in [0.1, 0.15) is 5.69 Å². The van der Waals surface area contributed by atoms with Crippen LogP contribution in [0, 0.1) is 0 Å². The van der Waals surface area contributed by atoms with Crippen LogP contribution in [-0.4, -0.2) is 52.5 Å². The summed E-state index contributed by atoms with van der Waals surface area (Å²) in [6.45, 7) is 4.18. The minimum atomic E-state index is 0.223. The quantitative estimate of drug-likeness (QED) is 0.819. The molecule has 0 N–H and O–H groups in total. The van der Waals surface area contributed by atoms with Crippen LogP contribution < -0.4 is 0 Å². The Kier molecular flexibility index (Phi) is 3.58. The van der Waals surface area contributed by atoms with E-state index in [1.807, 2.05) is 6.07 Å². The molecule has 0 radical (unpaired) electrons. The first kappa shape index (κ1) is 13.8. The molecule has 1 amide bonds. The summed E-state index contributed by atoms with van der Waals surface area (Å²) >= 11 is 3.53. The number of carbonyl (C=O) groups excluding carboxylic acids is 1. The third kappa shape index (κ3) is 2.66. The number of fused-ring (bicyclic) bond motifs is 1. The Bertz CT molecular complexity index is 552. The van der Waals surface area contributed by atoms with Crippen LogP contribution in [0.1, 0.15) is 48.6 Å². The van der Waals surface area contributed by atoms with Crippen LogP contribution in [0.2, 0.25) is 0 Å². The van der Waals surface area contributed by atoms with Crippen LogP contribution in [0.15, 0.2) is 16.7 Å². The molecule has 1 aromatic rings. The molecule has 4 rings (SSSR count). The van der Waals surface area contributed by atoms with Gasteiger partial charge in [0.15, 0.2) is 0 Å². The molecule has 1 unspecified atom stereocenters. The molecular weight excluding hydrogens is 330 g/mol. The van der Waals surface area contributed by atoms with Gasteiger partial charge >= 0.3 is 0 Å². The SMILES string of the molecule is O=C(c1cc(Br)cn1C1CC1)N1CCCN2CCCC2C1. The summed E-state index contributed by atoms with van der Waals surface area (Å²) in [6, 6.07) is 3.13. The van der Waals surface area contributed by atoms with E-state index in [1.165, 1.54) is 32.2 Å². The van der Waals surface area contributed by atoms with Gasteiger partial charge in [-0.1, -0.05) is 0 Å². The van der Waals surface area contributed by atoms with E-state index in [9.17, 15) is 4.79 Å². The molecule has 3 heterocycles. The van der Waals surface area contributed by atoms with E-state index in [0.717, 1.165) is 36.2 Å². The van der Waals surface area contributed by atoms with E-state index in [-0.39, 0.29) is 5.91 Å². The summed E-state index contributed by atoms with van der Waals surface area (Å²) < 4.78 is 3.21. The number of nitrogens with zero attached hydrogens (tertiary/aromatic N) is 3. The van der Waals surface area contributed by atoms with E-state index in [1.54, 1.807) is 0 Å². The van der Waals surface area contributed by atoms with Crippen molar-refractivity contribution >= 4 is 21.8 Å². The smallest absolute Gasteiger partial charge is 0.270 e. The van der Waals surface area contributed by atoms with Crippen molar-refractivity contribution in [1.82, 2.24) is 14.4 Å². The lowest BCUT2D eigenvalue weighted by molar-refractivity contribution is 0.0732. The molecule has 114 valence electrons. The molecule has 5 heteroatoms. The molecule has 21 heavy (non-hydrogen) atoms. The molecule has 3 aliphatic rings. The monoisotopic (exact) mass is 351 g/mol. The van der Waals surface area contributed by atoms with Gasteiger partial charge < -0.3 is 9.47 Å². The number of aromatic nitrogens is 1. The lowest BCUT2D eigenvalue weighted by Gasteiger charge is -2.26. The van der Waals surface area contributed by atoms with Crippen molar-refractivity contribution in [2.45, 2.75) is 44.2 Å². The summed E-state index contributed by atoms with van der Waals surface area (Å²) in [6.07, 6.45) is 8.13. The van der Waals surface area contributed by atoms with Gasteiger partial charge in [0, 0.05) is 42.4 Å². The molecular formula is C16H22BrN3O. The Morgan fingerprint density at radius 2 is 1.90 bits per heavy atom. The first-order valence-corrected chi connectivity index (χ1v) is 8.92. The highest BCUT2D eigenvalue weighted by atomic mass is 79.9. The normalized spacial score (nSPS) is 26.7. The van der Waals surface area contributed by atoms with E-state index in [0.29, 0.717) is 12.1 Å². The van der Waals surface area contributed by atoms with Gasteiger partial charge in [-0.2, -0.15) is 0 Å². The van der Waals surface area contributed by atoms with E-state index >= 15 is 0 Å². The number of halogens is 1. The summed E-state index contributed by atoms with van der Waals surface area (Å²) in [7, 11) is 0. The number of rotatable bonds is 2. The maximum atomic E-state index is 13.0. The van der Waals surface area contributed by atoms with Gasteiger partial charge in [-0.05, 0) is 60.6 Å². The lowest BCUT2D eigenvalue weighted by atomic mass is 10.2. The largest absolute Gasteiger partial charge is 0.339 e. The van der Waals surface area contributed by atoms with Crippen molar-refractivity contribution in [3.05, 3.63) is 22.4 Å². The minimum Gasteiger partial charge on any atom is -0.339 e. The minimum absolute atomic E-state index is 0.223. The Labute approximate surface area is 134 Å². The van der Waals surface area contributed by atoms with Crippen LogP contribution in [0.3, 0.4) is 0 Å². The average molecular weight is 352 g/mol. The number of amides is 1. The van der Waals surface area contributed by atoms with E-state index < -0.39 is 0 Å². The molecule has 2 aliphatic heterocycles. The summed E-state index contributed by atoms with van der Waals surface area (Å²) in [5.41, 5.74) is 0.871. The Balaban J connectivity index is 1.56. The number of carbonyl (C=O) groups is 1. The molecule has 1 saturated carbocycles. The highest BCUT2D eigenvalue weighted by Gasteiger charge is 2.33. The standard InChI is InChI=1S/C16H22BrN3O/c17-12-9-15(20(10-12)13-4-5-13)16(21)19-8-2-7-18-6-1-3-14(18)11-19/h9-10,13-14H,1-8,11H2. The lowest BCUT2D eigenvalue weighted by Crippen LogP contribution is -2.40. The van der Waals surface area contributed by atoms with Crippen molar-refractivity contribution in [1.29, 1.82) is 0 Å². The highest BCUT2D eigenvalue weighted by molar-refractivity contribution is 9.10. The van der Waals surface area contributed by atoms with Gasteiger partial charge in [0.25, 0.3) is 5.91 Å². The van der Waals surface area contributed by atoms with Crippen LogP contribution in [0.5, 0.6) is 0 Å². The fraction of sp³-hybridized carbons (Fsp3) is 0.688. The van der Waals surface area contributed by atoms with Gasteiger partial charge in [-0.25, -0.2) is 0 Å². The highest BCUT2D eigenvalue weighted by Crippen LogP contribution is 2.38. The maximum Gasteiger partial charge on any atom is 0.270 e. The van der Waals surface area contributed by atoms with Crippen molar-refractivity contribution in [2.24, 2.45) is 0 Å². The fourth-order valence-corrected chi connectivity index (χ4v) is 4.26. The van der Waals surface area contributed by atoms with Crippen LogP contribution in [0.25, 0.3) is 0 Å². The molecule has 4 nitrogen and oxygen atoms in total. The third-order valence-corrected chi connectivity index (χ3v) is 5.50. The molecule has 1 atom stereocenters. The zero-order valence-corrected chi connectivity index (χ0v) is 13.9. The first-order valence-electron chi connectivity index (χ1n) is 8.13. The van der Waals surface area contributed by atoms with Gasteiger partial charge in [0.2, 0.25) is 0 Å². The molecule has 0 spiro atoms. The molecule has 1 aliphatic carbocycles. The fourth-order valence-electron chi connectivity index (χ4n) is 3.82. The van der Waals surface area contributed by atoms with Crippen molar-refractivity contribution in [3.8, 4) is 0 Å². The Morgan fingerprint density at radius 3 is 2.71 bits per heavy atom. The van der Waals surface area contributed by atoms with Gasteiger partial charge in [-0.15, -0.1) is 0 Å². The second-order valence-electron chi connectivity index (χ2n) is 6.62. The van der Waals surface area contributed by atoms with Crippen molar-refractivity contribution in [2.75, 3.05) is 26.2 Å². The molecule has 2 saturated heterocycles. The first-order chi connectivity index (χ1) is 10.2. The van der Waals surface area contributed by atoms with Crippen LogP contribution in [-0.2, 0) is 0 Å². The number of hydrogen-bond acceptors (Lipinski definition) is 2. The summed E-state index contributed by atoms with van der Waals surface area (Å²) in [5.74, 6) is 0.223. The Hall–Kier alpha value is -0.810. The molecule has 0 bridgehead atoms. The number of hydrogen-bond donors (Lipinski definition) is 0. The summed E-state index contributed by atoms with van der Waals surface area (Å²) in [5, 5.41) is 0. The topological polar surface area (TPSA) is 28.5 Å². The van der Waals surface area contributed by atoms with Crippen LogP contribution >= 0.6 is 15.9 Å². The predicted octanol–water partition coefficient (Wildman–Crippen LogP) is 2.90. The van der Waals surface area contributed by atoms with E-state index in [2.05, 4.69) is 36.5 Å². The van der Waals surface area contributed by atoms with Crippen LogP contribution in [0.4, 0.5) is 0 Å². The van der Waals surface area contributed by atoms with Gasteiger partial charge in [-0.3, -0.25) is 9.69 Å². The zero-order chi connectivity index (χ0) is 14.4. The third-order valence-electron chi connectivity index (χ3n) is 5.07. The molecule has 0 aromatic carbocycles. The summed E-state index contributed by atoms with van der Waals surface area (Å²) in [4.78, 5) is 17.6. The predicted molar refractivity (Wildman–Crippen MR) is 85.5 cm³/mol.